The van der Waals surface area contributed by atoms with E-state index in [2.05, 4.69) is 29.0 Å². The normalized spacial score (nSPS) is 21.3. The number of piperidine rings is 1. The van der Waals surface area contributed by atoms with Crippen LogP contribution in [0.5, 0.6) is 5.75 Å². The van der Waals surface area contributed by atoms with Crippen molar-refractivity contribution in [3.63, 3.8) is 0 Å². The molecule has 3 aliphatic rings. The maximum Gasteiger partial charge on any atom is 0.417 e. The summed E-state index contributed by atoms with van der Waals surface area (Å²) in [6.45, 7) is 14.4. The molecule has 3 heterocycles. The molecule has 0 aliphatic carbocycles. The number of nitrogens with one attached hydrogen (secondary N) is 1. The molecule has 3 amide bonds. The van der Waals surface area contributed by atoms with Gasteiger partial charge in [-0.1, -0.05) is 31.2 Å². The van der Waals surface area contributed by atoms with Crippen molar-refractivity contribution >= 4 is 52.2 Å². The molecule has 3 saturated heterocycles. The quantitative estimate of drug-likeness (QED) is 0.150. The molecule has 0 spiro atoms. The van der Waals surface area contributed by atoms with Gasteiger partial charge in [-0.3, -0.25) is 39.2 Å². The number of imide groups is 1. The van der Waals surface area contributed by atoms with Crippen LogP contribution in [0.1, 0.15) is 80.8 Å². The number of ether oxygens (including phenoxy) is 1. The summed E-state index contributed by atoms with van der Waals surface area (Å²) >= 11 is 5.77. The van der Waals surface area contributed by atoms with E-state index in [4.69, 9.17) is 17.0 Å². The predicted molar refractivity (Wildman–Crippen MR) is 226 cm³/mol. The number of carbonyl (C=O) groups is 4. The van der Waals surface area contributed by atoms with E-state index >= 15 is 0 Å². The number of ketones is 1. The first-order valence-electron chi connectivity index (χ1n) is 20.3. The molecule has 318 valence electrons. The van der Waals surface area contributed by atoms with Gasteiger partial charge in [-0.2, -0.15) is 18.4 Å². The van der Waals surface area contributed by atoms with Crippen LogP contribution < -0.4 is 19.9 Å². The minimum atomic E-state index is -4.80. The summed E-state index contributed by atoms with van der Waals surface area (Å²) in [7, 11) is 0. The van der Waals surface area contributed by atoms with E-state index in [1.165, 1.54) is 6.07 Å². The molecule has 3 atom stereocenters. The van der Waals surface area contributed by atoms with Crippen molar-refractivity contribution in [3.05, 3.63) is 88.0 Å². The largest absolute Gasteiger partial charge is 0.492 e. The highest BCUT2D eigenvalue weighted by Crippen LogP contribution is 2.41. The minimum absolute atomic E-state index is 0.0262. The van der Waals surface area contributed by atoms with E-state index in [-0.39, 0.29) is 46.4 Å². The third-order valence-corrected chi connectivity index (χ3v) is 12.1. The van der Waals surface area contributed by atoms with Crippen LogP contribution in [0.25, 0.3) is 0 Å². The van der Waals surface area contributed by atoms with Crippen LogP contribution in [0.2, 0.25) is 0 Å². The fraction of sp³-hybridized carbons (Fsp3) is 0.467. The molecular formula is C45H51F3N6O5S. The highest BCUT2D eigenvalue weighted by atomic mass is 32.1. The van der Waals surface area contributed by atoms with Gasteiger partial charge in [0, 0.05) is 56.2 Å². The van der Waals surface area contributed by atoms with Crippen LogP contribution >= 0.6 is 12.2 Å². The predicted octanol–water partition coefficient (Wildman–Crippen LogP) is 6.55. The van der Waals surface area contributed by atoms with Gasteiger partial charge in [-0.25, -0.2) is 0 Å². The number of aryl methyl sites for hydroxylation is 2. The number of rotatable bonds is 13. The summed E-state index contributed by atoms with van der Waals surface area (Å²) in [4.78, 5) is 58.3. The molecule has 1 N–H and O–H groups in total. The van der Waals surface area contributed by atoms with Gasteiger partial charge in [0.1, 0.15) is 17.9 Å². The minimum Gasteiger partial charge on any atom is -0.492 e. The number of thiocarbonyl (C=S) groups is 1. The van der Waals surface area contributed by atoms with Gasteiger partial charge >= 0.3 is 6.18 Å². The van der Waals surface area contributed by atoms with Crippen LogP contribution in [0.4, 0.5) is 24.5 Å². The van der Waals surface area contributed by atoms with Crippen molar-refractivity contribution in [3.8, 4) is 11.8 Å². The maximum atomic E-state index is 13.8. The zero-order chi connectivity index (χ0) is 43.7. The number of alkyl halides is 3. The summed E-state index contributed by atoms with van der Waals surface area (Å²) in [5, 5.41) is 11.7. The summed E-state index contributed by atoms with van der Waals surface area (Å²) in [6, 6.07) is 16.5. The molecule has 3 aliphatic heterocycles. The lowest BCUT2D eigenvalue weighted by molar-refractivity contribution is -0.138. The van der Waals surface area contributed by atoms with Crippen LogP contribution in [0, 0.1) is 24.2 Å². The van der Waals surface area contributed by atoms with E-state index in [0.29, 0.717) is 57.5 Å². The lowest BCUT2D eigenvalue weighted by Crippen LogP contribution is -2.58. The summed E-state index contributed by atoms with van der Waals surface area (Å²) < 4.78 is 47.9. The Morgan fingerprint density at radius 2 is 1.72 bits per heavy atom. The van der Waals surface area contributed by atoms with Crippen molar-refractivity contribution in [1.29, 1.82) is 5.26 Å². The average Bonchev–Trinajstić information content (AvgIpc) is 3.36. The molecule has 3 fully saturated rings. The molecule has 3 aromatic carbocycles. The zero-order valence-corrected chi connectivity index (χ0v) is 35.6. The Morgan fingerprint density at radius 1 is 1.02 bits per heavy atom. The van der Waals surface area contributed by atoms with Gasteiger partial charge in [-0.05, 0) is 119 Å². The lowest BCUT2D eigenvalue weighted by atomic mass is 9.90. The van der Waals surface area contributed by atoms with Crippen molar-refractivity contribution < 1.29 is 37.1 Å². The number of hydrogen-bond donors (Lipinski definition) is 1. The van der Waals surface area contributed by atoms with Gasteiger partial charge in [0.05, 0.1) is 29.4 Å². The van der Waals surface area contributed by atoms with Crippen LogP contribution in [-0.4, -0.2) is 88.8 Å². The Labute approximate surface area is 354 Å². The Morgan fingerprint density at radius 3 is 2.37 bits per heavy atom. The molecule has 3 aromatic rings. The maximum absolute atomic E-state index is 13.8. The third-order valence-electron chi connectivity index (χ3n) is 11.7. The molecular weight excluding hydrogens is 794 g/mol. The average molecular weight is 845 g/mol. The molecule has 1 unspecified atom stereocenters. The molecule has 0 radical (unpaired) electrons. The van der Waals surface area contributed by atoms with E-state index < -0.39 is 28.7 Å². The number of halogens is 3. The molecule has 0 aromatic heterocycles. The number of nitriles is 1. The molecule has 6 rings (SSSR count). The zero-order valence-electron chi connectivity index (χ0n) is 34.8. The fourth-order valence-corrected chi connectivity index (χ4v) is 9.21. The van der Waals surface area contributed by atoms with E-state index in [0.717, 1.165) is 58.1 Å². The SMILES string of the molecule is CCc1cc(N2C(=S)N(c3ccc(C#N)c(C(F)(F)F)c3)C(=O)C2(C)C)cc(C)c1OCCN1C[C@@H](C)N(CC(=O)Cc2cccc(CC3CCC(=O)NC3=O)c2)[C@@H](C)C1. The number of nitrogens with zero attached hydrogens (tertiary/aromatic N) is 5. The van der Waals surface area contributed by atoms with E-state index in [1.54, 1.807) is 24.8 Å². The first-order chi connectivity index (χ1) is 28.3. The number of anilines is 2. The van der Waals surface area contributed by atoms with E-state index in [1.807, 2.05) is 50.2 Å². The van der Waals surface area contributed by atoms with Gasteiger partial charge in [0.25, 0.3) is 5.91 Å². The molecule has 60 heavy (non-hydrogen) atoms. The second-order valence-corrected chi connectivity index (χ2v) is 17.0. The first-order valence-corrected chi connectivity index (χ1v) is 20.7. The molecule has 11 nitrogen and oxygen atoms in total. The standard InChI is InChI=1S/C45H51F3N6O5S/c1-7-32-21-36(54-43(60)53(42(58)44(54,5)6)35-13-11-34(23-49)38(22-35)45(46,47)48)17-27(2)40(32)59-16-15-51-24-28(3)52(29(4)25-51)26-37(55)20-31-10-8-9-30(18-31)19-33-12-14-39(56)50-41(33)57/h8-11,13,17-18,21-22,28-29,33H,7,12,14-16,19-20,24-26H2,1-6H3,(H,50,56,57)/t28-,29+,33?. The van der Waals surface area contributed by atoms with Crippen LogP contribution in [0.3, 0.4) is 0 Å². The number of piperazine rings is 1. The topological polar surface area (TPSA) is 126 Å². The molecule has 15 heteroatoms. The molecule has 0 saturated carbocycles. The smallest absolute Gasteiger partial charge is 0.417 e. The first kappa shape index (κ1) is 44.4. The number of amides is 3. The number of carbonyl (C=O) groups excluding carboxylic acids is 4. The Kier molecular flexibility index (Phi) is 13.2. The highest BCUT2D eigenvalue weighted by Gasteiger charge is 2.51. The van der Waals surface area contributed by atoms with Gasteiger partial charge in [0.2, 0.25) is 11.8 Å². The van der Waals surface area contributed by atoms with Crippen molar-refractivity contribution in [2.24, 2.45) is 5.92 Å². The number of benzene rings is 3. The number of hydrogen-bond acceptors (Lipinski definition) is 9. The van der Waals surface area contributed by atoms with Crippen molar-refractivity contribution in [2.45, 2.75) is 97.4 Å². The summed E-state index contributed by atoms with van der Waals surface area (Å²) in [5.41, 5.74) is 1.22. The van der Waals surface area contributed by atoms with Crippen molar-refractivity contribution in [2.75, 3.05) is 42.6 Å². The van der Waals surface area contributed by atoms with Gasteiger partial charge in [-0.15, -0.1) is 0 Å². The molecule has 0 bridgehead atoms. The van der Waals surface area contributed by atoms with Gasteiger partial charge < -0.3 is 9.64 Å². The monoisotopic (exact) mass is 844 g/mol. The Balaban J connectivity index is 1.05. The van der Waals surface area contributed by atoms with Crippen LogP contribution in [0.15, 0.2) is 54.6 Å². The second kappa shape index (κ2) is 17.8. The lowest BCUT2D eigenvalue weighted by Gasteiger charge is -2.44. The Hall–Kier alpha value is -5.17. The Bertz CT molecular complexity index is 2230. The van der Waals surface area contributed by atoms with E-state index in [9.17, 15) is 37.6 Å². The number of Topliss-reactive ketones (excluding diaryl/α,β-unsaturated/α-hetero) is 1. The second-order valence-electron chi connectivity index (χ2n) is 16.6. The summed E-state index contributed by atoms with van der Waals surface area (Å²) in [6.07, 6.45) is -2.50. The van der Waals surface area contributed by atoms with Crippen LogP contribution in [-0.2, 0) is 44.6 Å². The van der Waals surface area contributed by atoms with Gasteiger partial charge in [0.15, 0.2) is 10.9 Å². The van der Waals surface area contributed by atoms with Crippen molar-refractivity contribution in [1.82, 2.24) is 15.1 Å². The summed E-state index contributed by atoms with van der Waals surface area (Å²) in [5.74, 6) is -0.378. The fourth-order valence-electron chi connectivity index (χ4n) is 8.69. The highest BCUT2D eigenvalue weighted by molar-refractivity contribution is 7.81. The third kappa shape index (κ3) is 9.41.